The number of likely N-dealkylation sites (N-methyl/N-ethyl adjacent to an activating group) is 1. The van der Waals surface area contributed by atoms with Crippen LogP contribution in [-0.2, 0) is 23.8 Å². The summed E-state index contributed by atoms with van der Waals surface area (Å²) in [6, 6.07) is 0. The second-order valence-electron chi connectivity index (χ2n) is 16.1. The number of aliphatic hydroxyl groups excluding tert-OH is 2. The molecular formula is C43H58N4O12. The Morgan fingerprint density at radius 3 is 2.22 bits per heavy atom. The van der Waals surface area contributed by atoms with Crippen LogP contribution in [0, 0.1) is 36.5 Å². The summed E-state index contributed by atoms with van der Waals surface area (Å²) < 4.78 is 23.0. The third-order valence-electron chi connectivity index (χ3n) is 12.1. The van der Waals surface area contributed by atoms with Gasteiger partial charge in [-0.3, -0.25) is 19.4 Å². The number of anilines is 1. The quantitative estimate of drug-likeness (QED) is 0.110. The van der Waals surface area contributed by atoms with Gasteiger partial charge < -0.3 is 54.7 Å². The number of ether oxygens (including phenoxy) is 4. The van der Waals surface area contributed by atoms with Crippen LogP contribution < -0.4 is 10.1 Å². The molecule has 0 unspecified atom stereocenters. The molecule has 2 aromatic rings. The van der Waals surface area contributed by atoms with E-state index < -0.39 is 88.6 Å². The molecule has 16 nitrogen and oxygen atoms in total. The fraction of sp³-hybridized carbons (Fsp3) is 0.535. The zero-order valence-electron chi connectivity index (χ0n) is 35.3. The van der Waals surface area contributed by atoms with Crippen molar-refractivity contribution in [1.82, 2.24) is 9.91 Å². The van der Waals surface area contributed by atoms with Crippen LogP contribution in [0.4, 0.5) is 5.69 Å². The normalized spacial score (nSPS) is 30.1. The summed E-state index contributed by atoms with van der Waals surface area (Å²) in [5.74, 6) is -9.41. The molecule has 4 heterocycles. The van der Waals surface area contributed by atoms with Gasteiger partial charge in [-0.2, -0.15) is 5.10 Å². The lowest BCUT2D eigenvalue weighted by molar-refractivity contribution is -0.155. The average molecular weight is 823 g/mol. The van der Waals surface area contributed by atoms with Gasteiger partial charge in [0.05, 0.1) is 66.0 Å². The topological polar surface area (TPSA) is 220 Å². The molecule has 1 saturated heterocycles. The molecular weight excluding hydrogens is 764 g/mol. The van der Waals surface area contributed by atoms with E-state index in [0.29, 0.717) is 13.1 Å². The number of phenolic OH excluding ortho intramolecular Hbond substituents is 3. The highest BCUT2D eigenvalue weighted by Gasteiger charge is 2.50. The number of aliphatic hydroxyl groups is 2. The molecule has 9 atom stereocenters. The molecule has 6 rings (SSSR count). The number of nitrogens with one attached hydrogen (secondary N) is 1. The maximum Gasteiger partial charge on any atom is 0.312 e. The largest absolute Gasteiger partial charge is 0.507 e. The maximum atomic E-state index is 14.4. The van der Waals surface area contributed by atoms with Crippen molar-refractivity contribution in [2.75, 3.05) is 52.8 Å². The first kappa shape index (κ1) is 44.9. The molecule has 0 spiro atoms. The van der Waals surface area contributed by atoms with Gasteiger partial charge in [0.25, 0.3) is 11.7 Å². The lowest BCUT2D eigenvalue weighted by Crippen LogP contribution is -2.45. The first-order valence-electron chi connectivity index (χ1n) is 19.7. The van der Waals surface area contributed by atoms with E-state index in [9.17, 15) is 39.9 Å². The van der Waals surface area contributed by atoms with Crippen LogP contribution in [0.5, 0.6) is 23.0 Å². The number of hydrogen-bond donors (Lipinski definition) is 6. The van der Waals surface area contributed by atoms with Crippen LogP contribution in [0.1, 0.15) is 63.0 Å². The van der Waals surface area contributed by atoms with Crippen molar-refractivity contribution < 1.29 is 58.9 Å². The number of Topliss-reactive ketones (excluding diaryl/α,β-unsaturated/α-hetero) is 1. The monoisotopic (exact) mass is 822 g/mol. The highest BCUT2D eigenvalue weighted by molar-refractivity contribution is 6.23. The van der Waals surface area contributed by atoms with Gasteiger partial charge in [0.15, 0.2) is 5.75 Å². The minimum atomic E-state index is -2.05. The van der Waals surface area contributed by atoms with Crippen LogP contribution in [0.15, 0.2) is 41.2 Å². The number of carbonyl (C=O) groups is 3. The van der Waals surface area contributed by atoms with Crippen LogP contribution >= 0.6 is 0 Å². The van der Waals surface area contributed by atoms with Crippen LogP contribution in [0.2, 0.25) is 0 Å². The predicted molar refractivity (Wildman–Crippen MR) is 220 cm³/mol. The van der Waals surface area contributed by atoms with Crippen molar-refractivity contribution in [2.45, 2.75) is 72.6 Å². The smallest absolute Gasteiger partial charge is 0.312 e. The van der Waals surface area contributed by atoms with Crippen molar-refractivity contribution in [2.24, 2.45) is 34.7 Å². The average Bonchev–Trinajstić information content (AvgIpc) is 3.47. The van der Waals surface area contributed by atoms with E-state index in [4.69, 9.17) is 18.9 Å². The minimum Gasteiger partial charge on any atom is -0.507 e. The molecule has 6 N–H and O–H groups in total. The van der Waals surface area contributed by atoms with E-state index >= 15 is 0 Å². The second kappa shape index (κ2) is 18.0. The van der Waals surface area contributed by atoms with E-state index in [1.165, 1.54) is 59.6 Å². The van der Waals surface area contributed by atoms with Gasteiger partial charge in [0.1, 0.15) is 17.2 Å². The molecule has 59 heavy (non-hydrogen) atoms. The molecule has 4 aliphatic rings. The number of amides is 1. The molecule has 0 aromatic heterocycles. The van der Waals surface area contributed by atoms with E-state index in [-0.39, 0.29) is 44.5 Å². The van der Waals surface area contributed by atoms with E-state index in [2.05, 4.69) is 15.3 Å². The second-order valence-corrected chi connectivity index (χ2v) is 16.1. The fourth-order valence-corrected chi connectivity index (χ4v) is 8.12. The number of phenols is 3. The number of allylic oxidation sites excluding steroid dienone is 2. The third kappa shape index (κ3) is 8.62. The number of methoxy groups -OCH3 is 2. The van der Waals surface area contributed by atoms with Gasteiger partial charge in [-0.15, -0.1) is 0 Å². The van der Waals surface area contributed by atoms with Gasteiger partial charge in [-0.1, -0.05) is 45.9 Å². The van der Waals surface area contributed by atoms with Crippen molar-refractivity contribution in [3.8, 4) is 23.0 Å². The van der Waals surface area contributed by atoms with Gasteiger partial charge in [-0.25, -0.2) is 0 Å². The number of hydrogen-bond acceptors (Lipinski definition) is 15. The van der Waals surface area contributed by atoms with Crippen LogP contribution in [0.25, 0.3) is 10.8 Å². The Morgan fingerprint density at radius 2 is 1.59 bits per heavy atom. The standard InChI is InChI=1S/C43H58N4O12/c1-21-12-11-13-22(2)41(54)45-33-27(20-44-47-17-15-46(8)16-18-47)37(51)30-31(38(33)52)36(50)26(6)39-32(30)40(53)43(7,59-39)58-19-14-28(56-9)23(3)29(42(55)57-10)24(4)35(49)25(5)34(21)48/h11-14,19-21,23-25,28-29,34-35,48-52H,15-18H2,1-10H3,(H,45,54)/t21-,23-,24-,25-,28+,29+,34-,35-,43-/m0/s1. The Labute approximate surface area is 344 Å². The SMILES string of the molecule is COC(=O)[C@H]1[C@H](C)[C@H](O)[C@@H](C)[C@@H](O)[C@@H](C)C=CC=C(C)C(=O)Nc2c(C=NN3CCN(C)CC3)c(O)c3c4c(c(C)c(O)c3c2O)O[C@](C)(OC=C[C@@H](OC)[C@@H]1C)C4=O. The molecule has 4 aliphatic heterocycles. The summed E-state index contributed by atoms with van der Waals surface area (Å²) in [4.78, 5) is 43.6. The molecule has 0 aliphatic carbocycles. The third-order valence-corrected chi connectivity index (χ3v) is 12.1. The van der Waals surface area contributed by atoms with Gasteiger partial charge in [0.2, 0.25) is 0 Å². The van der Waals surface area contributed by atoms with E-state index in [1.54, 1.807) is 44.9 Å². The number of carbonyl (C=O) groups excluding carboxylic acids is 3. The predicted octanol–water partition coefficient (Wildman–Crippen LogP) is 4.19. The lowest BCUT2D eigenvalue weighted by atomic mass is 9.73. The lowest BCUT2D eigenvalue weighted by Gasteiger charge is -2.37. The Balaban J connectivity index is 1.71. The number of nitrogens with zero attached hydrogens (tertiary/aromatic N) is 3. The maximum absolute atomic E-state index is 14.4. The van der Waals surface area contributed by atoms with Crippen molar-refractivity contribution >= 4 is 40.3 Å². The first-order valence-corrected chi connectivity index (χ1v) is 19.7. The number of aromatic hydroxyl groups is 3. The molecule has 322 valence electrons. The summed E-state index contributed by atoms with van der Waals surface area (Å²) in [6.07, 6.45) is 5.65. The van der Waals surface area contributed by atoms with Gasteiger partial charge >= 0.3 is 11.8 Å². The summed E-state index contributed by atoms with van der Waals surface area (Å²) in [5, 5.41) is 66.9. The van der Waals surface area contributed by atoms with Gasteiger partial charge in [0, 0.05) is 68.6 Å². The Morgan fingerprint density at radius 1 is 0.932 bits per heavy atom. The molecule has 0 radical (unpaired) electrons. The fourth-order valence-electron chi connectivity index (χ4n) is 8.12. The Bertz CT molecular complexity index is 2070. The number of fused-ring (bicyclic) bond motifs is 14. The number of hydrazone groups is 1. The van der Waals surface area contributed by atoms with Gasteiger partial charge in [-0.05, 0) is 38.8 Å². The molecule has 5 bridgehead atoms. The molecule has 1 amide bonds. The highest BCUT2D eigenvalue weighted by atomic mass is 16.7. The van der Waals surface area contributed by atoms with Crippen molar-refractivity contribution in [3.05, 3.63) is 52.8 Å². The summed E-state index contributed by atoms with van der Waals surface area (Å²) in [6.45, 7) is 13.8. The number of piperazine rings is 1. The number of ketones is 1. The van der Waals surface area contributed by atoms with Crippen LogP contribution in [0.3, 0.4) is 0 Å². The highest BCUT2D eigenvalue weighted by Crippen LogP contribution is 2.55. The van der Waals surface area contributed by atoms with Crippen LogP contribution in [-0.4, -0.2) is 131 Å². The van der Waals surface area contributed by atoms with Crippen molar-refractivity contribution in [3.63, 3.8) is 0 Å². The summed E-state index contributed by atoms with van der Waals surface area (Å²) in [7, 11) is 4.65. The summed E-state index contributed by atoms with van der Waals surface area (Å²) >= 11 is 0. The molecule has 1 fully saturated rings. The Hall–Kier alpha value is -5.16. The Kier molecular flexibility index (Phi) is 13.7. The number of rotatable bonds is 4. The minimum absolute atomic E-state index is 0.0529. The molecule has 2 aromatic carbocycles. The molecule has 0 saturated carbocycles. The van der Waals surface area contributed by atoms with Crippen molar-refractivity contribution in [1.29, 1.82) is 0 Å². The van der Waals surface area contributed by atoms with E-state index in [1.807, 2.05) is 7.05 Å². The zero-order valence-corrected chi connectivity index (χ0v) is 35.3. The molecule has 16 heteroatoms. The summed E-state index contributed by atoms with van der Waals surface area (Å²) in [5.41, 5.74) is -0.364. The number of benzene rings is 2. The number of esters is 1. The first-order chi connectivity index (χ1) is 27.8. The van der Waals surface area contributed by atoms with E-state index in [0.717, 1.165) is 13.1 Å². The zero-order chi connectivity index (χ0) is 43.7.